The number of aliphatic hydroxyl groups is 1. The zero-order valence-corrected chi connectivity index (χ0v) is 13.1. The molecule has 2 N–H and O–H groups in total. The van der Waals surface area contributed by atoms with Gasteiger partial charge in [-0.1, -0.05) is 0 Å². The largest absolute Gasteiger partial charge is 0.394 e. The van der Waals surface area contributed by atoms with Gasteiger partial charge in [0.2, 0.25) is 0 Å². The predicted molar refractivity (Wildman–Crippen MR) is 79.4 cm³/mol. The molecule has 112 valence electrons. The van der Waals surface area contributed by atoms with Crippen LogP contribution < -0.4 is 5.32 Å². The van der Waals surface area contributed by atoms with Crippen molar-refractivity contribution in [2.24, 2.45) is 0 Å². The lowest BCUT2D eigenvalue weighted by molar-refractivity contribution is 0.0393. The van der Waals surface area contributed by atoms with Crippen molar-refractivity contribution in [1.29, 1.82) is 0 Å². The summed E-state index contributed by atoms with van der Waals surface area (Å²) < 4.78 is 0. The monoisotopic (exact) mass is 269 g/mol. The minimum absolute atomic E-state index is 0.134. The highest BCUT2D eigenvalue weighted by Gasteiger charge is 2.35. The molecule has 4 nitrogen and oxygen atoms in total. The van der Waals surface area contributed by atoms with Gasteiger partial charge in [-0.2, -0.15) is 0 Å². The smallest absolute Gasteiger partial charge is 0.0623 e. The number of nitrogens with zero attached hydrogens (tertiary/aromatic N) is 2. The fourth-order valence-electron chi connectivity index (χ4n) is 2.93. The first kappa shape index (κ1) is 15.2. The van der Waals surface area contributed by atoms with Gasteiger partial charge in [0.1, 0.15) is 0 Å². The topological polar surface area (TPSA) is 38.7 Å². The van der Waals surface area contributed by atoms with Crippen LogP contribution in [0.3, 0.4) is 0 Å². The van der Waals surface area contributed by atoms with Crippen molar-refractivity contribution in [1.82, 2.24) is 15.1 Å². The van der Waals surface area contributed by atoms with Crippen LogP contribution in [0.4, 0.5) is 0 Å². The Balaban J connectivity index is 1.80. The van der Waals surface area contributed by atoms with Crippen molar-refractivity contribution in [2.75, 3.05) is 39.3 Å². The number of nitrogens with one attached hydrogen (secondary N) is 1. The first-order chi connectivity index (χ1) is 8.82. The van der Waals surface area contributed by atoms with E-state index in [1.165, 1.54) is 12.8 Å². The number of hydrogen-bond donors (Lipinski definition) is 2. The average molecular weight is 269 g/mol. The van der Waals surface area contributed by atoms with E-state index in [1.807, 2.05) is 0 Å². The zero-order valence-electron chi connectivity index (χ0n) is 13.1. The van der Waals surface area contributed by atoms with Gasteiger partial charge in [-0.3, -0.25) is 9.80 Å². The molecule has 0 bridgehead atoms. The van der Waals surface area contributed by atoms with Crippen LogP contribution in [0.2, 0.25) is 0 Å². The maximum atomic E-state index is 9.67. The summed E-state index contributed by atoms with van der Waals surface area (Å²) in [5.41, 5.74) is 0.143. The van der Waals surface area contributed by atoms with Gasteiger partial charge < -0.3 is 10.4 Å². The molecule has 2 aliphatic rings. The summed E-state index contributed by atoms with van der Waals surface area (Å²) in [7, 11) is 0. The Kier molecular flexibility index (Phi) is 4.56. The average Bonchev–Trinajstić information content (AvgIpc) is 3.12. The summed E-state index contributed by atoms with van der Waals surface area (Å²) in [6.07, 6.45) is 2.54. The van der Waals surface area contributed by atoms with E-state index in [1.54, 1.807) is 0 Å². The highest BCUT2D eigenvalue weighted by atomic mass is 16.3. The van der Waals surface area contributed by atoms with Crippen LogP contribution >= 0.6 is 0 Å². The Labute approximate surface area is 118 Å². The third-order valence-electron chi connectivity index (χ3n) is 4.37. The van der Waals surface area contributed by atoms with Crippen LogP contribution in [0.5, 0.6) is 0 Å². The fraction of sp³-hybridized carbons (Fsp3) is 1.00. The summed E-state index contributed by atoms with van der Waals surface area (Å²) in [5.74, 6) is 0. The molecule has 4 heteroatoms. The second kappa shape index (κ2) is 5.68. The summed E-state index contributed by atoms with van der Waals surface area (Å²) in [6, 6.07) is 0.646. The predicted octanol–water partition coefficient (Wildman–Crippen LogP) is 0.906. The van der Waals surface area contributed by atoms with Crippen LogP contribution in [0.1, 0.15) is 40.5 Å². The fourth-order valence-corrected chi connectivity index (χ4v) is 2.93. The van der Waals surface area contributed by atoms with E-state index in [4.69, 9.17) is 0 Å². The molecule has 0 spiro atoms. The van der Waals surface area contributed by atoms with Gasteiger partial charge in [0.15, 0.2) is 0 Å². The highest BCUT2D eigenvalue weighted by Crippen LogP contribution is 2.23. The van der Waals surface area contributed by atoms with E-state index in [0.29, 0.717) is 6.04 Å². The standard InChI is InChI=1S/C15H31N3O/c1-14(2,3)18-9-7-17(8-10-18)11-15(4,12-19)16-13-5-6-13/h13,16,19H,5-12H2,1-4H3. The lowest BCUT2D eigenvalue weighted by atomic mass is 10.0. The molecule has 0 amide bonds. The molecule has 2 fully saturated rings. The number of hydrogen-bond acceptors (Lipinski definition) is 4. The lowest BCUT2D eigenvalue weighted by Gasteiger charge is -2.44. The van der Waals surface area contributed by atoms with Gasteiger partial charge >= 0.3 is 0 Å². The van der Waals surface area contributed by atoms with Crippen molar-refractivity contribution in [2.45, 2.75) is 57.7 Å². The normalized spacial score (nSPS) is 26.4. The van der Waals surface area contributed by atoms with Crippen molar-refractivity contribution < 1.29 is 5.11 Å². The first-order valence-electron chi connectivity index (χ1n) is 7.68. The van der Waals surface area contributed by atoms with E-state index in [-0.39, 0.29) is 17.7 Å². The molecule has 0 aromatic heterocycles. The van der Waals surface area contributed by atoms with Crippen LogP contribution in [0.15, 0.2) is 0 Å². The van der Waals surface area contributed by atoms with Crippen molar-refractivity contribution in [3.63, 3.8) is 0 Å². The van der Waals surface area contributed by atoms with Crippen molar-refractivity contribution in [3.05, 3.63) is 0 Å². The molecule has 1 atom stereocenters. The number of piperazine rings is 1. The molecule has 0 aromatic rings. The Morgan fingerprint density at radius 2 is 1.63 bits per heavy atom. The Morgan fingerprint density at radius 3 is 2.05 bits per heavy atom. The van der Waals surface area contributed by atoms with E-state index >= 15 is 0 Å². The van der Waals surface area contributed by atoms with Gasteiger partial charge in [0.05, 0.1) is 12.1 Å². The van der Waals surface area contributed by atoms with Gasteiger partial charge in [0.25, 0.3) is 0 Å². The SMILES string of the molecule is CC(CO)(CN1CCN(C(C)(C)C)CC1)NC1CC1. The third-order valence-corrected chi connectivity index (χ3v) is 4.37. The van der Waals surface area contributed by atoms with Crippen LogP contribution in [-0.4, -0.2) is 71.4 Å². The van der Waals surface area contributed by atoms with Crippen LogP contribution in [-0.2, 0) is 0 Å². The molecule has 1 aliphatic heterocycles. The van der Waals surface area contributed by atoms with Crippen LogP contribution in [0.25, 0.3) is 0 Å². The summed E-state index contributed by atoms with van der Waals surface area (Å²) in [4.78, 5) is 5.04. The highest BCUT2D eigenvalue weighted by molar-refractivity contribution is 4.95. The molecule has 19 heavy (non-hydrogen) atoms. The molecule has 1 unspecified atom stereocenters. The van der Waals surface area contributed by atoms with Gasteiger partial charge in [-0.25, -0.2) is 0 Å². The number of rotatable bonds is 5. The van der Waals surface area contributed by atoms with E-state index < -0.39 is 0 Å². The zero-order chi connectivity index (χ0) is 14.1. The Bertz CT molecular complexity index is 290. The summed E-state index contributed by atoms with van der Waals surface area (Å²) in [6.45, 7) is 14.7. The summed E-state index contributed by atoms with van der Waals surface area (Å²) >= 11 is 0. The lowest BCUT2D eigenvalue weighted by Crippen LogP contribution is -2.60. The number of aliphatic hydroxyl groups excluding tert-OH is 1. The molecule has 2 rings (SSSR count). The second-order valence-electron chi connectivity index (χ2n) is 7.57. The molecule has 1 saturated heterocycles. The molecule has 0 radical (unpaired) electrons. The summed E-state index contributed by atoms with van der Waals surface area (Å²) in [5, 5.41) is 13.3. The minimum Gasteiger partial charge on any atom is -0.394 e. The maximum absolute atomic E-state index is 9.67. The minimum atomic E-state index is -0.134. The maximum Gasteiger partial charge on any atom is 0.0623 e. The quantitative estimate of drug-likeness (QED) is 0.778. The Morgan fingerprint density at radius 1 is 1.05 bits per heavy atom. The molecule has 1 heterocycles. The van der Waals surface area contributed by atoms with E-state index in [9.17, 15) is 5.11 Å². The molecule has 0 aromatic carbocycles. The van der Waals surface area contributed by atoms with Gasteiger partial charge in [0, 0.05) is 44.3 Å². The van der Waals surface area contributed by atoms with Crippen molar-refractivity contribution in [3.8, 4) is 0 Å². The van der Waals surface area contributed by atoms with Crippen molar-refractivity contribution >= 4 is 0 Å². The molecule has 1 saturated carbocycles. The van der Waals surface area contributed by atoms with E-state index in [0.717, 1.165) is 32.7 Å². The molecular formula is C15H31N3O. The Hall–Kier alpha value is -0.160. The van der Waals surface area contributed by atoms with Gasteiger partial charge in [-0.15, -0.1) is 0 Å². The molecule has 1 aliphatic carbocycles. The van der Waals surface area contributed by atoms with E-state index in [2.05, 4.69) is 42.8 Å². The first-order valence-corrected chi connectivity index (χ1v) is 7.68. The third kappa shape index (κ3) is 4.42. The second-order valence-corrected chi connectivity index (χ2v) is 7.57. The van der Waals surface area contributed by atoms with Gasteiger partial charge in [-0.05, 0) is 40.5 Å². The molecular weight excluding hydrogens is 238 g/mol. The van der Waals surface area contributed by atoms with Crippen LogP contribution in [0, 0.1) is 0 Å².